The number of amides is 1. The summed E-state index contributed by atoms with van der Waals surface area (Å²) in [5.41, 5.74) is -0.244. The summed E-state index contributed by atoms with van der Waals surface area (Å²) >= 11 is 1.38. The van der Waals surface area contributed by atoms with Crippen molar-refractivity contribution in [1.29, 1.82) is 0 Å². The second-order valence-electron chi connectivity index (χ2n) is 4.98. The van der Waals surface area contributed by atoms with Crippen LogP contribution in [-0.4, -0.2) is 58.9 Å². The third kappa shape index (κ3) is 4.20. The van der Waals surface area contributed by atoms with Gasteiger partial charge in [0.05, 0.1) is 24.1 Å². The highest BCUT2D eigenvalue weighted by Gasteiger charge is 2.30. The van der Waals surface area contributed by atoms with Crippen LogP contribution in [-0.2, 0) is 9.53 Å². The third-order valence-corrected chi connectivity index (χ3v) is 4.18. The predicted molar refractivity (Wildman–Crippen MR) is 82.8 cm³/mol. The van der Waals surface area contributed by atoms with Crippen LogP contribution in [0.15, 0.2) is 23.1 Å². The average Bonchev–Trinajstić information content (AvgIpc) is 2.53. The van der Waals surface area contributed by atoms with Crippen molar-refractivity contribution in [3.05, 3.63) is 33.9 Å². The largest absolute Gasteiger partial charge is 0.481 e. The first kappa shape index (κ1) is 17.2. The minimum Gasteiger partial charge on any atom is -0.481 e. The molecule has 1 aliphatic heterocycles. The van der Waals surface area contributed by atoms with Gasteiger partial charge >= 0.3 is 5.97 Å². The average molecular weight is 340 g/mol. The van der Waals surface area contributed by atoms with Gasteiger partial charge in [0.2, 0.25) is 0 Å². The second kappa shape index (κ2) is 7.42. The number of thioether (sulfide) groups is 1. The van der Waals surface area contributed by atoms with Crippen molar-refractivity contribution in [2.75, 3.05) is 26.0 Å². The van der Waals surface area contributed by atoms with E-state index in [0.717, 1.165) is 4.90 Å². The van der Waals surface area contributed by atoms with Crippen LogP contribution in [0.3, 0.4) is 0 Å². The maximum atomic E-state index is 12.6. The lowest BCUT2D eigenvalue weighted by molar-refractivity contribution is -0.385. The Labute approximate surface area is 136 Å². The van der Waals surface area contributed by atoms with Crippen molar-refractivity contribution in [3.8, 4) is 0 Å². The molecule has 1 unspecified atom stereocenters. The van der Waals surface area contributed by atoms with Crippen LogP contribution in [0.4, 0.5) is 5.69 Å². The van der Waals surface area contributed by atoms with Crippen molar-refractivity contribution in [3.63, 3.8) is 0 Å². The fourth-order valence-electron chi connectivity index (χ4n) is 2.37. The van der Waals surface area contributed by atoms with E-state index in [-0.39, 0.29) is 37.4 Å². The molecule has 0 bridgehead atoms. The molecule has 9 heteroatoms. The Morgan fingerprint density at radius 1 is 1.52 bits per heavy atom. The van der Waals surface area contributed by atoms with E-state index in [4.69, 9.17) is 9.84 Å². The Morgan fingerprint density at radius 3 is 2.87 bits per heavy atom. The SMILES string of the molecule is CSc1ccc([N+](=O)[O-])c(C(=O)N2CCOC(CC(=O)O)C2)c1. The normalized spacial score (nSPS) is 17.8. The van der Waals surface area contributed by atoms with E-state index in [1.54, 1.807) is 6.07 Å². The van der Waals surface area contributed by atoms with Gasteiger partial charge in [-0.1, -0.05) is 0 Å². The van der Waals surface area contributed by atoms with E-state index in [9.17, 15) is 19.7 Å². The van der Waals surface area contributed by atoms with Crippen molar-refractivity contribution >= 4 is 29.3 Å². The van der Waals surface area contributed by atoms with Gasteiger partial charge in [-0.2, -0.15) is 0 Å². The molecule has 2 rings (SSSR count). The first-order valence-corrected chi connectivity index (χ1v) is 8.10. The van der Waals surface area contributed by atoms with Gasteiger partial charge in [-0.25, -0.2) is 0 Å². The quantitative estimate of drug-likeness (QED) is 0.493. The van der Waals surface area contributed by atoms with Crippen molar-refractivity contribution < 1.29 is 24.4 Å². The molecule has 0 spiro atoms. The number of nitro benzene ring substituents is 1. The van der Waals surface area contributed by atoms with E-state index in [2.05, 4.69) is 0 Å². The van der Waals surface area contributed by atoms with Gasteiger partial charge in [0.15, 0.2) is 0 Å². The third-order valence-electron chi connectivity index (χ3n) is 3.46. The van der Waals surface area contributed by atoms with Crippen LogP contribution in [0.25, 0.3) is 0 Å². The van der Waals surface area contributed by atoms with Crippen LogP contribution in [0.1, 0.15) is 16.8 Å². The lowest BCUT2D eigenvalue weighted by atomic mass is 10.1. The lowest BCUT2D eigenvalue weighted by Crippen LogP contribution is -2.46. The number of hydrogen-bond donors (Lipinski definition) is 1. The Hall–Kier alpha value is -2.13. The number of morpholine rings is 1. The monoisotopic (exact) mass is 340 g/mol. The molecule has 1 heterocycles. The molecule has 1 saturated heterocycles. The maximum Gasteiger partial charge on any atom is 0.306 e. The van der Waals surface area contributed by atoms with Crippen LogP contribution >= 0.6 is 11.8 Å². The van der Waals surface area contributed by atoms with Crippen LogP contribution in [0.2, 0.25) is 0 Å². The number of hydrogen-bond acceptors (Lipinski definition) is 6. The first-order valence-electron chi connectivity index (χ1n) is 6.87. The maximum absolute atomic E-state index is 12.6. The van der Waals surface area contributed by atoms with E-state index >= 15 is 0 Å². The summed E-state index contributed by atoms with van der Waals surface area (Å²) in [4.78, 5) is 36.1. The number of carboxylic acid groups (broad SMARTS) is 1. The van der Waals surface area contributed by atoms with Crippen LogP contribution in [0, 0.1) is 10.1 Å². The molecule has 1 aromatic rings. The fourth-order valence-corrected chi connectivity index (χ4v) is 2.80. The summed E-state index contributed by atoms with van der Waals surface area (Å²) in [6, 6.07) is 4.40. The molecular formula is C14H16N2O6S. The highest BCUT2D eigenvalue weighted by atomic mass is 32.2. The Balaban J connectivity index is 2.25. The second-order valence-corrected chi connectivity index (χ2v) is 5.86. The molecule has 1 fully saturated rings. The summed E-state index contributed by atoms with van der Waals surface area (Å²) in [5, 5.41) is 20.0. The van der Waals surface area contributed by atoms with Crippen LogP contribution < -0.4 is 0 Å². The number of nitro groups is 1. The molecule has 1 atom stereocenters. The topological polar surface area (TPSA) is 110 Å². The molecule has 8 nitrogen and oxygen atoms in total. The van der Waals surface area contributed by atoms with E-state index in [1.807, 2.05) is 6.26 Å². The molecule has 1 aromatic carbocycles. The molecule has 1 aliphatic rings. The van der Waals surface area contributed by atoms with Gasteiger partial charge in [-0.05, 0) is 18.4 Å². The molecule has 1 amide bonds. The zero-order valence-electron chi connectivity index (χ0n) is 12.4. The van der Waals surface area contributed by atoms with Crippen molar-refractivity contribution in [2.45, 2.75) is 17.4 Å². The van der Waals surface area contributed by atoms with Gasteiger partial charge in [0.1, 0.15) is 5.56 Å². The predicted octanol–water partition coefficient (Wildman–Crippen LogP) is 1.63. The summed E-state index contributed by atoms with van der Waals surface area (Å²) in [6.07, 6.45) is 0.997. The van der Waals surface area contributed by atoms with E-state index < -0.39 is 22.9 Å². The standard InChI is InChI=1S/C14H16N2O6S/c1-23-10-2-3-12(16(20)21)11(7-10)14(19)15-4-5-22-9(8-15)6-13(17)18/h2-3,7,9H,4-6,8H2,1H3,(H,17,18). The van der Waals surface area contributed by atoms with Gasteiger partial charge < -0.3 is 14.7 Å². The van der Waals surface area contributed by atoms with E-state index in [0.29, 0.717) is 0 Å². The number of benzene rings is 1. The Bertz CT molecular complexity index is 636. The number of carbonyl (C=O) groups is 2. The molecular weight excluding hydrogens is 324 g/mol. The fraction of sp³-hybridized carbons (Fsp3) is 0.429. The van der Waals surface area contributed by atoms with Crippen LogP contribution in [0.5, 0.6) is 0 Å². The Kier molecular flexibility index (Phi) is 5.56. The zero-order valence-corrected chi connectivity index (χ0v) is 13.2. The first-order chi connectivity index (χ1) is 10.9. The number of carboxylic acids is 1. The number of nitrogens with zero attached hydrogens (tertiary/aromatic N) is 2. The molecule has 0 saturated carbocycles. The van der Waals surface area contributed by atoms with Gasteiger partial charge in [-0.3, -0.25) is 19.7 Å². The Morgan fingerprint density at radius 2 is 2.26 bits per heavy atom. The highest BCUT2D eigenvalue weighted by Crippen LogP contribution is 2.26. The highest BCUT2D eigenvalue weighted by molar-refractivity contribution is 7.98. The number of aliphatic carboxylic acids is 1. The van der Waals surface area contributed by atoms with Crippen molar-refractivity contribution in [1.82, 2.24) is 4.90 Å². The minimum atomic E-state index is -1.01. The van der Waals surface area contributed by atoms with E-state index in [1.165, 1.54) is 28.8 Å². The molecule has 1 N–H and O–H groups in total. The lowest BCUT2D eigenvalue weighted by Gasteiger charge is -2.32. The number of ether oxygens (including phenoxy) is 1. The summed E-state index contributed by atoms with van der Waals surface area (Å²) in [5.74, 6) is -1.49. The smallest absolute Gasteiger partial charge is 0.306 e. The summed E-state index contributed by atoms with van der Waals surface area (Å²) < 4.78 is 5.31. The summed E-state index contributed by atoms with van der Waals surface area (Å²) in [6.45, 7) is 0.584. The van der Waals surface area contributed by atoms with Gasteiger partial charge in [0.25, 0.3) is 11.6 Å². The number of carbonyl (C=O) groups excluding carboxylic acids is 1. The molecule has 124 valence electrons. The van der Waals surface area contributed by atoms with Gasteiger partial charge in [0, 0.05) is 24.1 Å². The molecule has 23 heavy (non-hydrogen) atoms. The molecule has 0 aliphatic carbocycles. The molecule has 0 radical (unpaired) electrons. The number of rotatable bonds is 5. The van der Waals surface area contributed by atoms with Crippen molar-refractivity contribution in [2.24, 2.45) is 0 Å². The summed E-state index contributed by atoms with van der Waals surface area (Å²) in [7, 11) is 0. The molecule has 0 aromatic heterocycles. The minimum absolute atomic E-state index is 0.0119. The van der Waals surface area contributed by atoms with Gasteiger partial charge in [-0.15, -0.1) is 11.8 Å². The zero-order chi connectivity index (χ0) is 17.0.